The number of piperidine rings is 1. The molecular weight excluding hydrogens is 292 g/mol. The number of halogens is 1. The second kappa shape index (κ2) is 10.4. The van der Waals surface area contributed by atoms with Crippen molar-refractivity contribution in [2.45, 2.75) is 25.7 Å². The number of hydrogen-bond acceptors (Lipinski definition) is 4. The molecule has 5 nitrogen and oxygen atoms in total. The van der Waals surface area contributed by atoms with Gasteiger partial charge in [0.2, 0.25) is 5.91 Å². The van der Waals surface area contributed by atoms with Gasteiger partial charge in [-0.15, -0.1) is 12.4 Å². The first-order valence-electron chi connectivity index (χ1n) is 7.87. The van der Waals surface area contributed by atoms with Crippen molar-refractivity contribution in [2.24, 2.45) is 11.8 Å². The molecule has 0 aromatic rings. The van der Waals surface area contributed by atoms with Crippen molar-refractivity contribution in [3.8, 4) is 0 Å². The molecule has 0 radical (unpaired) electrons. The van der Waals surface area contributed by atoms with Crippen LogP contribution in [0.3, 0.4) is 0 Å². The smallest absolute Gasteiger partial charge is 0.248 e. The summed E-state index contributed by atoms with van der Waals surface area (Å²) >= 11 is 0. The molecule has 1 unspecified atom stereocenters. The van der Waals surface area contributed by atoms with Gasteiger partial charge in [0.1, 0.15) is 6.61 Å². The van der Waals surface area contributed by atoms with Gasteiger partial charge in [-0.3, -0.25) is 4.79 Å². The molecule has 2 heterocycles. The number of rotatable bonds is 7. The molecule has 1 amide bonds. The molecule has 124 valence electrons. The average Bonchev–Trinajstić information content (AvgIpc) is 2.99. The van der Waals surface area contributed by atoms with Crippen LogP contribution in [0, 0.1) is 11.8 Å². The van der Waals surface area contributed by atoms with E-state index in [1.165, 1.54) is 6.42 Å². The third-order valence-corrected chi connectivity index (χ3v) is 4.37. The van der Waals surface area contributed by atoms with Crippen LogP contribution in [-0.4, -0.2) is 63.9 Å². The summed E-state index contributed by atoms with van der Waals surface area (Å²) in [6, 6.07) is 0. The standard InChI is InChI=1S/C15H28N2O3.ClH/c1-16-6-2-13-3-7-17(8-4-13)15(18)12-20-11-14-5-9-19-10-14;/h13-14,16H,2-12H2,1H3;1H. The van der Waals surface area contributed by atoms with Crippen molar-refractivity contribution < 1.29 is 14.3 Å². The van der Waals surface area contributed by atoms with Gasteiger partial charge in [0.15, 0.2) is 0 Å². The molecule has 2 saturated heterocycles. The fraction of sp³-hybridized carbons (Fsp3) is 0.933. The minimum absolute atomic E-state index is 0. The lowest BCUT2D eigenvalue weighted by molar-refractivity contribution is -0.138. The molecule has 0 spiro atoms. The molecule has 21 heavy (non-hydrogen) atoms. The van der Waals surface area contributed by atoms with Gasteiger partial charge < -0.3 is 19.7 Å². The Labute approximate surface area is 134 Å². The van der Waals surface area contributed by atoms with E-state index in [1.54, 1.807) is 0 Å². The Bertz CT molecular complexity index is 291. The average molecular weight is 321 g/mol. The molecule has 1 atom stereocenters. The quantitative estimate of drug-likeness (QED) is 0.768. The monoisotopic (exact) mass is 320 g/mol. The van der Waals surface area contributed by atoms with Crippen LogP contribution in [0.2, 0.25) is 0 Å². The SMILES string of the molecule is CNCCC1CCN(C(=O)COCC2CCOC2)CC1.Cl. The highest BCUT2D eigenvalue weighted by molar-refractivity contribution is 5.85. The van der Waals surface area contributed by atoms with Crippen molar-refractivity contribution in [1.82, 2.24) is 10.2 Å². The summed E-state index contributed by atoms with van der Waals surface area (Å²) in [7, 11) is 1.99. The third kappa shape index (κ3) is 6.51. The number of hydrogen-bond donors (Lipinski definition) is 1. The molecular formula is C15H29ClN2O3. The minimum Gasteiger partial charge on any atom is -0.381 e. The molecule has 6 heteroatoms. The second-order valence-corrected chi connectivity index (χ2v) is 5.96. The molecule has 2 fully saturated rings. The predicted molar refractivity (Wildman–Crippen MR) is 84.8 cm³/mol. The third-order valence-electron chi connectivity index (χ3n) is 4.37. The Morgan fingerprint density at radius 3 is 2.67 bits per heavy atom. The second-order valence-electron chi connectivity index (χ2n) is 5.96. The number of amides is 1. The first kappa shape index (κ1) is 18.7. The zero-order valence-electron chi connectivity index (χ0n) is 13.0. The van der Waals surface area contributed by atoms with Crippen LogP contribution in [-0.2, 0) is 14.3 Å². The first-order chi connectivity index (χ1) is 9.79. The summed E-state index contributed by atoms with van der Waals surface area (Å²) in [5.74, 6) is 1.40. The summed E-state index contributed by atoms with van der Waals surface area (Å²) in [4.78, 5) is 14.0. The predicted octanol–water partition coefficient (Wildman–Crippen LogP) is 1.31. The van der Waals surface area contributed by atoms with Crippen molar-refractivity contribution in [3.63, 3.8) is 0 Å². The van der Waals surface area contributed by atoms with Crippen LogP contribution in [0.5, 0.6) is 0 Å². The van der Waals surface area contributed by atoms with Gasteiger partial charge in [0.05, 0.1) is 13.2 Å². The highest BCUT2D eigenvalue weighted by atomic mass is 35.5. The van der Waals surface area contributed by atoms with Crippen LogP contribution in [0.4, 0.5) is 0 Å². The van der Waals surface area contributed by atoms with E-state index in [2.05, 4.69) is 5.32 Å². The Morgan fingerprint density at radius 1 is 1.29 bits per heavy atom. The lowest BCUT2D eigenvalue weighted by Crippen LogP contribution is -2.41. The highest BCUT2D eigenvalue weighted by Crippen LogP contribution is 2.20. The summed E-state index contributed by atoms with van der Waals surface area (Å²) in [6.07, 6.45) is 4.54. The maximum absolute atomic E-state index is 12.0. The van der Waals surface area contributed by atoms with Crippen LogP contribution >= 0.6 is 12.4 Å². The van der Waals surface area contributed by atoms with Gasteiger partial charge in [0.25, 0.3) is 0 Å². The van der Waals surface area contributed by atoms with E-state index >= 15 is 0 Å². The topological polar surface area (TPSA) is 50.8 Å². The largest absolute Gasteiger partial charge is 0.381 e. The summed E-state index contributed by atoms with van der Waals surface area (Å²) in [5, 5.41) is 3.19. The number of nitrogens with one attached hydrogen (secondary N) is 1. The van der Waals surface area contributed by atoms with Crippen LogP contribution in [0.1, 0.15) is 25.7 Å². The summed E-state index contributed by atoms with van der Waals surface area (Å²) < 4.78 is 10.8. The van der Waals surface area contributed by atoms with E-state index in [-0.39, 0.29) is 24.9 Å². The zero-order valence-corrected chi connectivity index (χ0v) is 13.8. The van der Waals surface area contributed by atoms with E-state index < -0.39 is 0 Å². The normalized spacial score (nSPS) is 23.1. The maximum Gasteiger partial charge on any atom is 0.248 e. The van der Waals surface area contributed by atoms with Gasteiger partial charge in [-0.05, 0) is 45.2 Å². The molecule has 0 aromatic heterocycles. The van der Waals surface area contributed by atoms with Crippen molar-refractivity contribution in [1.29, 1.82) is 0 Å². The molecule has 0 aromatic carbocycles. The van der Waals surface area contributed by atoms with E-state index in [1.807, 2.05) is 11.9 Å². The number of carbonyl (C=O) groups excluding carboxylic acids is 1. The van der Waals surface area contributed by atoms with E-state index in [0.29, 0.717) is 12.5 Å². The van der Waals surface area contributed by atoms with Crippen molar-refractivity contribution >= 4 is 18.3 Å². The first-order valence-corrected chi connectivity index (χ1v) is 7.87. The van der Waals surface area contributed by atoms with Crippen LogP contribution in [0.15, 0.2) is 0 Å². The number of likely N-dealkylation sites (tertiary alicyclic amines) is 1. The van der Waals surface area contributed by atoms with Crippen LogP contribution < -0.4 is 5.32 Å². The molecule has 0 aliphatic carbocycles. The Hall–Kier alpha value is -0.360. The van der Waals surface area contributed by atoms with Crippen molar-refractivity contribution in [2.75, 3.05) is 53.1 Å². The number of carbonyl (C=O) groups is 1. The van der Waals surface area contributed by atoms with E-state index in [4.69, 9.17) is 9.47 Å². The lowest BCUT2D eigenvalue weighted by atomic mass is 9.93. The molecule has 0 saturated carbocycles. The molecule has 2 aliphatic rings. The molecule has 1 N–H and O–H groups in total. The summed E-state index contributed by atoms with van der Waals surface area (Å²) in [5.41, 5.74) is 0. The number of nitrogens with zero attached hydrogens (tertiary/aromatic N) is 1. The Balaban J connectivity index is 0.00000220. The fourth-order valence-corrected chi connectivity index (χ4v) is 2.94. The van der Waals surface area contributed by atoms with Crippen LogP contribution in [0.25, 0.3) is 0 Å². The highest BCUT2D eigenvalue weighted by Gasteiger charge is 2.23. The fourth-order valence-electron chi connectivity index (χ4n) is 2.94. The minimum atomic E-state index is 0. The molecule has 2 aliphatic heterocycles. The van der Waals surface area contributed by atoms with E-state index in [0.717, 1.165) is 58.0 Å². The Kier molecular flexibility index (Phi) is 9.24. The Morgan fingerprint density at radius 2 is 2.05 bits per heavy atom. The maximum atomic E-state index is 12.0. The lowest BCUT2D eigenvalue weighted by Gasteiger charge is -2.32. The number of ether oxygens (including phenoxy) is 2. The van der Waals surface area contributed by atoms with Crippen molar-refractivity contribution in [3.05, 3.63) is 0 Å². The molecule has 2 rings (SSSR count). The summed E-state index contributed by atoms with van der Waals surface area (Å²) in [6.45, 7) is 5.37. The van der Waals surface area contributed by atoms with Gasteiger partial charge >= 0.3 is 0 Å². The van der Waals surface area contributed by atoms with Gasteiger partial charge in [0, 0.05) is 25.6 Å². The molecule has 0 bridgehead atoms. The van der Waals surface area contributed by atoms with E-state index in [9.17, 15) is 4.79 Å². The van der Waals surface area contributed by atoms with Gasteiger partial charge in [-0.25, -0.2) is 0 Å². The van der Waals surface area contributed by atoms with Gasteiger partial charge in [-0.1, -0.05) is 0 Å². The zero-order chi connectivity index (χ0) is 14.2. The van der Waals surface area contributed by atoms with Gasteiger partial charge in [-0.2, -0.15) is 0 Å².